The van der Waals surface area contributed by atoms with Gasteiger partial charge in [-0.2, -0.15) is 0 Å². The molecule has 1 fully saturated rings. The van der Waals surface area contributed by atoms with Gasteiger partial charge >= 0.3 is 6.09 Å². The molecule has 3 aromatic carbocycles. The maximum atomic E-state index is 12.3. The molecular weight excluding hydrogens is 378 g/mol. The van der Waals surface area contributed by atoms with E-state index in [9.17, 15) is 9.59 Å². The van der Waals surface area contributed by atoms with Crippen molar-refractivity contribution in [2.24, 2.45) is 0 Å². The van der Waals surface area contributed by atoms with Crippen LogP contribution in [0.2, 0.25) is 0 Å². The zero-order valence-corrected chi connectivity index (χ0v) is 16.7. The Bertz CT molecular complexity index is 1040. The summed E-state index contributed by atoms with van der Waals surface area (Å²) in [7, 11) is 0. The lowest BCUT2D eigenvalue weighted by atomic mass is 10.2. The molecule has 1 heterocycles. The Kier molecular flexibility index (Phi) is 5.66. The summed E-state index contributed by atoms with van der Waals surface area (Å²) in [6, 6.07) is 24.9. The minimum Gasteiger partial charge on any atom is -0.444 e. The van der Waals surface area contributed by atoms with Crippen LogP contribution >= 0.6 is 0 Å². The second-order valence-corrected chi connectivity index (χ2v) is 7.27. The zero-order valence-electron chi connectivity index (χ0n) is 16.7. The molecule has 6 heteroatoms. The van der Waals surface area contributed by atoms with Crippen LogP contribution in [-0.2, 0) is 9.53 Å². The topological polar surface area (TPSA) is 70.7 Å². The fourth-order valence-corrected chi connectivity index (χ4v) is 3.42. The van der Waals surface area contributed by atoms with Crippen molar-refractivity contribution in [1.29, 1.82) is 0 Å². The first-order chi connectivity index (χ1) is 14.6. The number of ether oxygens (including phenoxy) is 1. The number of para-hydroxylation sites is 1. The fraction of sp³-hybridized carbons (Fsp3) is 0.167. The molecule has 1 unspecified atom stereocenters. The SMILES string of the molecule is Cc1cccc(N2CC(OC(=O)Nc3ccc(Nc4ccccc4)cc3)CC2=O)c1. The van der Waals surface area contributed by atoms with E-state index in [-0.39, 0.29) is 12.3 Å². The van der Waals surface area contributed by atoms with E-state index in [1.807, 2.05) is 73.7 Å². The first-order valence-electron chi connectivity index (χ1n) is 9.83. The summed E-state index contributed by atoms with van der Waals surface area (Å²) >= 11 is 0. The smallest absolute Gasteiger partial charge is 0.411 e. The van der Waals surface area contributed by atoms with Crippen molar-refractivity contribution in [1.82, 2.24) is 0 Å². The normalized spacial score (nSPS) is 15.7. The number of aryl methyl sites for hydroxylation is 1. The van der Waals surface area contributed by atoms with Gasteiger partial charge < -0.3 is 15.0 Å². The summed E-state index contributed by atoms with van der Waals surface area (Å²) < 4.78 is 5.47. The number of hydrogen-bond acceptors (Lipinski definition) is 4. The largest absolute Gasteiger partial charge is 0.444 e. The van der Waals surface area contributed by atoms with Crippen LogP contribution in [0.25, 0.3) is 0 Å². The molecule has 152 valence electrons. The average Bonchev–Trinajstić information content (AvgIpc) is 3.10. The number of carbonyl (C=O) groups is 2. The van der Waals surface area contributed by atoms with Crippen LogP contribution in [0, 0.1) is 6.92 Å². The van der Waals surface area contributed by atoms with Crippen LogP contribution in [0.5, 0.6) is 0 Å². The van der Waals surface area contributed by atoms with Crippen LogP contribution in [0.3, 0.4) is 0 Å². The maximum Gasteiger partial charge on any atom is 0.411 e. The Morgan fingerprint density at radius 3 is 2.37 bits per heavy atom. The zero-order chi connectivity index (χ0) is 20.9. The van der Waals surface area contributed by atoms with Gasteiger partial charge in [0.05, 0.1) is 13.0 Å². The minimum atomic E-state index is -0.567. The third-order valence-corrected chi connectivity index (χ3v) is 4.87. The lowest BCUT2D eigenvalue weighted by Gasteiger charge is -2.17. The third-order valence-electron chi connectivity index (χ3n) is 4.87. The Hall–Kier alpha value is -3.80. The Balaban J connectivity index is 1.31. The van der Waals surface area contributed by atoms with Crippen LogP contribution in [0.15, 0.2) is 78.9 Å². The molecule has 30 heavy (non-hydrogen) atoms. The number of carbonyl (C=O) groups excluding carboxylic acids is 2. The summed E-state index contributed by atoms with van der Waals surface area (Å²) in [6.45, 7) is 2.34. The molecule has 0 bridgehead atoms. The number of amides is 2. The third kappa shape index (κ3) is 4.78. The molecule has 0 radical (unpaired) electrons. The molecule has 4 rings (SSSR count). The van der Waals surface area contributed by atoms with E-state index in [0.29, 0.717) is 12.2 Å². The second kappa shape index (κ2) is 8.69. The van der Waals surface area contributed by atoms with Crippen LogP contribution in [0.4, 0.5) is 27.5 Å². The van der Waals surface area contributed by atoms with E-state index in [0.717, 1.165) is 22.6 Å². The number of nitrogens with one attached hydrogen (secondary N) is 2. The molecule has 2 amide bonds. The molecule has 2 N–H and O–H groups in total. The summed E-state index contributed by atoms with van der Waals surface area (Å²) in [5.74, 6) is -0.0465. The Morgan fingerprint density at radius 1 is 0.933 bits per heavy atom. The standard InChI is InChI=1S/C24H23N3O3/c1-17-6-5-9-21(14-17)27-16-22(15-23(27)28)30-24(29)26-20-12-10-19(11-13-20)25-18-7-3-2-4-8-18/h2-14,22,25H,15-16H2,1H3,(H,26,29). The molecule has 1 aliphatic heterocycles. The van der Waals surface area contributed by atoms with Crippen LogP contribution in [-0.4, -0.2) is 24.6 Å². The summed E-state index contributed by atoms with van der Waals surface area (Å²) in [6.07, 6.45) is -0.860. The number of nitrogens with zero attached hydrogens (tertiary/aromatic N) is 1. The van der Waals surface area contributed by atoms with Crippen molar-refractivity contribution in [3.8, 4) is 0 Å². The second-order valence-electron chi connectivity index (χ2n) is 7.27. The predicted octanol–water partition coefficient (Wildman–Crippen LogP) is 5.09. The fourth-order valence-electron chi connectivity index (χ4n) is 3.42. The first-order valence-corrected chi connectivity index (χ1v) is 9.83. The predicted molar refractivity (Wildman–Crippen MR) is 118 cm³/mol. The van der Waals surface area contributed by atoms with E-state index in [2.05, 4.69) is 10.6 Å². The maximum absolute atomic E-state index is 12.3. The molecule has 3 aromatic rings. The highest BCUT2D eigenvalue weighted by Crippen LogP contribution is 2.24. The molecule has 0 saturated carbocycles. The molecule has 6 nitrogen and oxygen atoms in total. The summed E-state index contributed by atoms with van der Waals surface area (Å²) in [5.41, 5.74) is 4.43. The van der Waals surface area contributed by atoms with Gasteiger partial charge in [-0.05, 0) is 61.0 Å². The minimum absolute atomic E-state index is 0.0465. The molecule has 1 aliphatic rings. The lowest BCUT2D eigenvalue weighted by molar-refractivity contribution is -0.117. The van der Waals surface area contributed by atoms with E-state index in [4.69, 9.17) is 4.74 Å². The van der Waals surface area contributed by atoms with Gasteiger partial charge in [0.25, 0.3) is 0 Å². The Morgan fingerprint density at radius 2 is 1.63 bits per heavy atom. The first kappa shape index (κ1) is 19.5. The number of rotatable bonds is 5. The van der Waals surface area contributed by atoms with Crippen molar-refractivity contribution >= 4 is 34.7 Å². The van der Waals surface area contributed by atoms with Crippen LogP contribution in [0.1, 0.15) is 12.0 Å². The average molecular weight is 401 g/mol. The molecule has 0 spiro atoms. The highest BCUT2D eigenvalue weighted by Gasteiger charge is 2.33. The van der Waals surface area contributed by atoms with Crippen molar-refractivity contribution in [3.05, 3.63) is 84.4 Å². The van der Waals surface area contributed by atoms with Gasteiger partial charge in [-0.15, -0.1) is 0 Å². The molecular formula is C24H23N3O3. The van der Waals surface area contributed by atoms with Crippen molar-refractivity contribution in [2.75, 3.05) is 22.1 Å². The quantitative estimate of drug-likeness (QED) is 0.625. The van der Waals surface area contributed by atoms with Gasteiger partial charge in [-0.3, -0.25) is 10.1 Å². The van der Waals surface area contributed by atoms with Gasteiger partial charge in [0.15, 0.2) is 0 Å². The van der Waals surface area contributed by atoms with E-state index >= 15 is 0 Å². The highest BCUT2D eigenvalue weighted by atomic mass is 16.6. The van der Waals surface area contributed by atoms with Crippen molar-refractivity contribution < 1.29 is 14.3 Å². The highest BCUT2D eigenvalue weighted by molar-refractivity contribution is 5.96. The number of hydrogen-bond donors (Lipinski definition) is 2. The Labute approximate surface area is 175 Å². The molecule has 0 aliphatic carbocycles. The van der Waals surface area contributed by atoms with Gasteiger partial charge in [-0.1, -0.05) is 30.3 Å². The monoisotopic (exact) mass is 401 g/mol. The van der Waals surface area contributed by atoms with Crippen LogP contribution < -0.4 is 15.5 Å². The lowest BCUT2D eigenvalue weighted by Crippen LogP contribution is -2.28. The number of benzene rings is 3. The van der Waals surface area contributed by atoms with Gasteiger partial charge in [-0.25, -0.2) is 4.79 Å². The van der Waals surface area contributed by atoms with E-state index in [1.165, 1.54) is 0 Å². The molecule has 1 atom stereocenters. The van der Waals surface area contributed by atoms with Crippen molar-refractivity contribution in [3.63, 3.8) is 0 Å². The van der Waals surface area contributed by atoms with E-state index in [1.54, 1.807) is 17.0 Å². The summed E-state index contributed by atoms with van der Waals surface area (Å²) in [5, 5.41) is 6.01. The number of anilines is 4. The molecule has 0 aromatic heterocycles. The van der Waals surface area contributed by atoms with Gasteiger partial charge in [0, 0.05) is 22.7 Å². The molecule has 1 saturated heterocycles. The van der Waals surface area contributed by atoms with E-state index < -0.39 is 12.2 Å². The van der Waals surface area contributed by atoms with Crippen molar-refractivity contribution in [2.45, 2.75) is 19.4 Å². The summed E-state index contributed by atoms with van der Waals surface area (Å²) in [4.78, 5) is 26.3. The van der Waals surface area contributed by atoms with Gasteiger partial charge in [0.1, 0.15) is 6.10 Å². The van der Waals surface area contributed by atoms with Gasteiger partial charge in [0.2, 0.25) is 5.91 Å².